The molecule has 0 aliphatic rings. The second-order valence-corrected chi connectivity index (χ2v) is 4.24. The first-order chi connectivity index (χ1) is 7.67. The average Bonchev–Trinajstić information content (AvgIpc) is 2.29. The van der Waals surface area contributed by atoms with Crippen molar-refractivity contribution in [3.05, 3.63) is 17.8 Å². The first-order valence-electron chi connectivity index (χ1n) is 5.80. The molecule has 0 amide bonds. The van der Waals surface area contributed by atoms with Crippen molar-refractivity contribution < 1.29 is 4.74 Å². The molecule has 0 bridgehead atoms. The molecule has 1 aromatic rings. The van der Waals surface area contributed by atoms with Gasteiger partial charge in [-0.25, -0.2) is 0 Å². The molecular weight excluding hydrogens is 202 g/mol. The molecule has 1 heterocycles. The first kappa shape index (κ1) is 12.9. The smallest absolute Gasteiger partial charge is 0.233 e. The van der Waals surface area contributed by atoms with Gasteiger partial charge in [0.15, 0.2) is 0 Å². The first-order valence-corrected chi connectivity index (χ1v) is 5.80. The molecule has 1 aromatic heterocycles. The maximum Gasteiger partial charge on any atom is 0.233 e. The minimum absolute atomic E-state index is 0.0278. The molecular formula is C12H21N3O. The van der Waals surface area contributed by atoms with Crippen molar-refractivity contribution in [2.45, 2.75) is 39.2 Å². The summed E-state index contributed by atoms with van der Waals surface area (Å²) in [7, 11) is 1.58. The number of hydrogen-bond donors (Lipinski definition) is 1. The monoisotopic (exact) mass is 223 g/mol. The van der Waals surface area contributed by atoms with Gasteiger partial charge in [-0.1, -0.05) is 26.7 Å². The van der Waals surface area contributed by atoms with Crippen molar-refractivity contribution in [2.75, 3.05) is 7.11 Å². The molecule has 1 rings (SSSR count). The van der Waals surface area contributed by atoms with Gasteiger partial charge in [-0.05, 0) is 18.4 Å². The zero-order valence-corrected chi connectivity index (χ0v) is 10.3. The molecule has 0 fully saturated rings. The molecule has 0 spiro atoms. The van der Waals surface area contributed by atoms with Crippen molar-refractivity contribution in [3.63, 3.8) is 0 Å². The maximum atomic E-state index is 6.07. The van der Waals surface area contributed by atoms with Gasteiger partial charge in [0.2, 0.25) is 5.88 Å². The molecule has 2 N–H and O–H groups in total. The molecule has 90 valence electrons. The number of nitrogens with two attached hydrogens (primary N) is 1. The third-order valence-electron chi connectivity index (χ3n) is 2.69. The van der Waals surface area contributed by atoms with Crippen molar-refractivity contribution in [1.29, 1.82) is 0 Å². The second kappa shape index (κ2) is 6.43. The van der Waals surface area contributed by atoms with Crippen LogP contribution in [0.2, 0.25) is 0 Å². The third-order valence-corrected chi connectivity index (χ3v) is 2.69. The summed E-state index contributed by atoms with van der Waals surface area (Å²) in [5.41, 5.74) is 6.91. The second-order valence-electron chi connectivity index (χ2n) is 4.24. The van der Waals surface area contributed by atoms with Gasteiger partial charge in [-0.2, -0.15) is 5.10 Å². The van der Waals surface area contributed by atoms with Gasteiger partial charge in [0.25, 0.3) is 0 Å². The van der Waals surface area contributed by atoms with E-state index in [4.69, 9.17) is 10.5 Å². The van der Waals surface area contributed by atoms with Gasteiger partial charge in [0.05, 0.1) is 12.8 Å². The van der Waals surface area contributed by atoms with Crippen LogP contribution in [0.4, 0.5) is 0 Å². The van der Waals surface area contributed by atoms with Crippen LogP contribution in [0.15, 0.2) is 12.1 Å². The fraction of sp³-hybridized carbons (Fsp3) is 0.667. The maximum absolute atomic E-state index is 6.07. The highest BCUT2D eigenvalue weighted by molar-refractivity contribution is 5.13. The van der Waals surface area contributed by atoms with E-state index in [2.05, 4.69) is 24.0 Å². The minimum atomic E-state index is -0.0278. The zero-order valence-electron chi connectivity index (χ0n) is 10.3. The van der Waals surface area contributed by atoms with E-state index in [9.17, 15) is 0 Å². The average molecular weight is 223 g/mol. The molecule has 2 unspecified atom stereocenters. The van der Waals surface area contributed by atoms with Gasteiger partial charge in [0.1, 0.15) is 0 Å². The molecule has 0 aliphatic carbocycles. The minimum Gasteiger partial charge on any atom is -0.480 e. The van der Waals surface area contributed by atoms with Gasteiger partial charge in [-0.15, -0.1) is 5.10 Å². The Morgan fingerprint density at radius 1 is 1.38 bits per heavy atom. The Morgan fingerprint density at radius 2 is 2.12 bits per heavy atom. The molecule has 0 aromatic carbocycles. The topological polar surface area (TPSA) is 61.0 Å². The number of aromatic nitrogens is 2. The van der Waals surface area contributed by atoms with Gasteiger partial charge >= 0.3 is 0 Å². The SMILES string of the molecule is CCCC(C)CC(N)c1ccc(OC)nn1. The Morgan fingerprint density at radius 3 is 2.62 bits per heavy atom. The van der Waals surface area contributed by atoms with Crippen LogP contribution in [0.5, 0.6) is 5.88 Å². The Kier molecular flexibility index (Phi) is 5.19. The van der Waals surface area contributed by atoms with E-state index < -0.39 is 0 Å². The third kappa shape index (κ3) is 3.77. The van der Waals surface area contributed by atoms with E-state index in [1.54, 1.807) is 13.2 Å². The van der Waals surface area contributed by atoms with Crippen LogP contribution in [0.3, 0.4) is 0 Å². The predicted molar refractivity (Wildman–Crippen MR) is 64.2 cm³/mol. The summed E-state index contributed by atoms with van der Waals surface area (Å²) in [5, 5.41) is 7.98. The number of hydrogen-bond acceptors (Lipinski definition) is 4. The Hall–Kier alpha value is -1.16. The molecule has 0 radical (unpaired) electrons. The van der Waals surface area contributed by atoms with E-state index in [-0.39, 0.29) is 6.04 Å². The van der Waals surface area contributed by atoms with Crippen LogP contribution in [0.1, 0.15) is 44.8 Å². The number of ether oxygens (including phenoxy) is 1. The summed E-state index contributed by atoms with van der Waals surface area (Å²) in [6, 6.07) is 3.65. The lowest BCUT2D eigenvalue weighted by atomic mass is 9.96. The molecule has 4 nitrogen and oxygen atoms in total. The lowest BCUT2D eigenvalue weighted by molar-refractivity contribution is 0.387. The van der Waals surface area contributed by atoms with Crippen LogP contribution in [-0.2, 0) is 0 Å². The van der Waals surface area contributed by atoms with E-state index >= 15 is 0 Å². The summed E-state index contributed by atoms with van der Waals surface area (Å²) in [6.07, 6.45) is 3.36. The lowest BCUT2D eigenvalue weighted by Crippen LogP contribution is -2.16. The largest absolute Gasteiger partial charge is 0.480 e. The summed E-state index contributed by atoms with van der Waals surface area (Å²) >= 11 is 0. The van der Waals surface area contributed by atoms with Crippen molar-refractivity contribution in [2.24, 2.45) is 11.7 Å². The molecule has 0 saturated carbocycles. The molecule has 2 atom stereocenters. The highest BCUT2D eigenvalue weighted by Crippen LogP contribution is 2.20. The Balaban J connectivity index is 2.55. The number of nitrogens with zero attached hydrogens (tertiary/aromatic N) is 2. The van der Waals surface area contributed by atoms with Crippen LogP contribution < -0.4 is 10.5 Å². The van der Waals surface area contributed by atoms with E-state index in [1.165, 1.54) is 12.8 Å². The van der Waals surface area contributed by atoms with Crippen molar-refractivity contribution in [1.82, 2.24) is 10.2 Å². The molecule has 0 aliphatic heterocycles. The van der Waals surface area contributed by atoms with Crippen LogP contribution in [0.25, 0.3) is 0 Å². The molecule has 16 heavy (non-hydrogen) atoms. The zero-order chi connectivity index (χ0) is 12.0. The summed E-state index contributed by atoms with van der Waals surface area (Å²) in [5.74, 6) is 1.15. The number of methoxy groups -OCH3 is 1. The lowest BCUT2D eigenvalue weighted by Gasteiger charge is -2.15. The summed E-state index contributed by atoms with van der Waals surface area (Å²) in [6.45, 7) is 4.41. The van der Waals surface area contributed by atoms with E-state index in [1.807, 2.05) is 6.07 Å². The highest BCUT2D eigenvalue weighted by atomic mass is 16.5. The molecule has 4 heteroatoms. The fourth-order valence-corrected chi connectivity index (χ4v) is 1.80. The van der Waals surface area contributed by atoms with Crippen LogP contribution in [0, 0.1) is 5.92 Å². The quantitative estimate of drug-likeness (QED) is 0.804. The van der Waals surface area contributed by atoms with Crippen molar-refractivity contribution in [3.8, 4) is 5.88 Å². The van der Waals surface area contributed by atoms with Crippen molar-refractivity contribution >= 4 is 0 Å². The van der Waals surface area contributed by atoms with Crippen LogP contribution >= 0.6 is 0 Å². The standard InChI is InChI=1S/C12H21N3O/c1-4-5-9(2)8-10(13)11-6-7-12(16-3)15-14-11/h6-7,9-10H,4-5,8,13H2,1-3H3. The Labute approximate surface area is 97.2 Å². The molecule has 0 saturated heterocycles. The summed E-state index contributed by atoms with van der Waals surface area (Å²) < 4.78 is 4.95. The van der Waals surface area contributed by atoms with Gasteiger partial charge < -0.3 is 10.5 Å². The van der Waals surface area contributed by atoms with E-state index in [0.29, 0.717) is 11.8 Å². The highest BCUT2D eigenvalue weighted by Gasteiger charge is 2.12. The van der Waals surface area contributed by atoms with E-state index in [0.717, 1.165) is 12.1 Å². The van der Waals surface area contributed by atoms with Gasteiger partial charge in [0, 0.05) is 12.1 Å². The fourth-order valence-electron chi connectivity index (χ4n) is 1.80. The number of rotatable bonds is 6. The van der Waals surface area contributed by atoms with Gasteiger partial charge in [-0.3, -0.25) is 0 Å². The Bertz CT molecular complexity index is 300. The normalized spacial score (nSPS) is 14.5. The van der Waals surface area contributed by atoms with Crippen LogP contribution in [-0.4, -0.2) is 17.3 Å². The summed E-state index contributed by atoms with van der Waals surface area (Å²) in [4.78, 5) is 0. The predicted octanol–water partition coefficient (Wildman–Crippen LogP) is 2.31.